The summed E-state index contributed by atoms with van der Waals surface area (Å²) in [5.41, 5.74) is 1.38. The first kappa shape index (κ1) is 15.0. The van der Waals surface area contributed by atoms with Crippen molar-refractivity contribution in [3.8, 4) is 0 Å². The van der Waals surface area contributed by atoms with Crippen LogP contribution in [0.25, 0.3) is 0 Å². The molecule has 0 radical (unpaired) electrons. The summed E-state index contributed by atoms with van der Waals surface area (Å²) in [6.07, 6.45) is 2.35. The average Bonchev–Trinajstić information content (AvgIpc) is 2.73. The molecule has 0 saturated carbocycles. The van der Waals surface area contributed by atoms with Gasteiger partial charge in [-0.1, -0.05) is 0 Å². The lowest BCUT2D eigenvalue weighted by atomic mass is 10.2. The van der Waals surface area contributed by atoms with Gasteiger partial charge in [0.1, 0.15) is 9.84 Å². The monoisotopic (exact) mass is 293 g/mol. The molecule has 1 N–H and O–H groups in total. The fourth-order valence-electron chi connectivity index (χ4n) is 1.25. The molecule has 0 unspecified atom stereocenters. The van der Waals surface area contributed by atoms with Crippen molar-refractivity contribution in [2.45, 2.75) is 6.42 Å². The van der Waals surface area contributed by atoms with Gasteiger partial charge in [-0.25, -0.2) is 8.42 Å². The zero-order valence-electron chi connectivity index (χ0n) is 10.0. The van der Waals surface area contributed by atoms with Crippen molar-refractivity contribution in [1.82, 2.24) is 5.32 Å². The lowest BCUT2D eigenvalue weighted by Gasteiger charge is -2.03. The van der Waals surface area contributed by atoms with Gasteiger partial charge >= 0.3 is 0 Å². The number of hydrogen-bond acceptors (Lipinski definition) is 5. The summed E-state index contributed by atoms with van der Waals surface area (Å²) < 4.78 is 21.7. The first-order valence-corrected chi connectivity index (χ1v) is 9.71. The summed E-state index contributed by atoms with van der Waals surface area (Å²) in [5.74, 6) is 1.96. The van der Waals surface area contributed by atoms with Crippen LogP contribution in [-0.4, -0.2) is 45.0 Å². The van der Waals surface area contributed by atoms with Crippen LogP contribution in [0.3, 0.4) is 0 Å². The molecule has 0 spiro atoms. The molecule has 1 aromatic rings. The molecule has 0 bridgehead atoms. The van der Waals surface area contributed by atoms with Gasteiger partial charge in [-0.2, -0.15) is 23.1 Å². The number of thioether (sulfide) groups is 1. The summed E-state index contributed by atoms with van der Waals surface area (Å²) >= 11 is 3.42. The molecular weight excluding hydrogens is 274 g/mol. The van der Waals surface area contributed by atoms with E-state index in [1.807, 2.05) is 0 Å². The molecule has 0 aliphatic carbocycles. The molecular formula is C11H19NO2S3. The Balaban J connectivity index is 1.88. The Morgan fingerprint density at radius 1 is 1.35 bits per heavy atom. The maximum Gasteiger partial charge on any atom is 0.148 e. The van der Waals surface area contributed by atoms with Gasteiger partial charge in [-0.05, 0) is 35.4 Å². The first-order chi connectivity index (χ1) is 8.08. The molecule has 0 saturated heterocycles. The molecule has 1 aromatic heterocycles. The zero-order chi connectivity index (χ0) is 12.6. The molecule has 1 rings (SSSR count). The highest BCUT2D eigenvalue weighted by molar-refractivity contribution is 8.00. The van der Waals surface area contributed by atoms with E-state index < -0.39 is 9.84 Å². The van der Waals surface area contributed by atoms with Gasteiger partial charge in [0.05, 0.1) is 5.75 Å². The van der Waals surface area contributed by atoms with Crippen molar-refractivity contribution in [2.24, 2.45) is 0 Å². The van der Waals surface area contributed by atoms with Gasteiger partial charge in [-0.15, -0.1) is 0 Å². The summed E-state index contributed by atoms with van der Waals surface area (Å²) in [4.78, 5) is 0. The molecule has 6 heteroatoms. The number of rotatable bonds is 9. The van der Waals surface area contributed by atoms with Crippen molar-refractivity contribution < 1.29 is 8.42 Å². The van der Waals surface area contributed by atoms with Crippen LogP contribution in [0.5, 0.6) is 0 Å². The molecule has 0 fully saturated rings. The third-order valence-corrected chi connectivity index (χ3v) is 5.11. The van der Waals surface area contributed by atoms with Gasteiger partial charge < -0.3 is 5.32 Å². The van der Waals surface area contributed by atoms with Crippen LogP contribution in [-0.2, 0) is 16.3 Å². The Bertz CT molecular complexity index is 387. The lowest BCUT2D eigenvalue weighted by molar-refractivity contribution is 0.603. The Hall–Kier alpha value is -0.0400. The molecule has 1 heterocycles. The minimum Gasteiger partial charge on any atom is -0.316 e. The van der Waals surface area contributed by atoms with Crippen LogP contribution in [0.2, 0.25) is 0 Å². The first-order valence-electron chi connectivity index (χ1n) is 5.55. The second-order valence-corrected chi connectivity index (χ2v) is 8.14. The lowest BCUT2D eigenvalue weighted by Crippen LogP contribution is -2.20. The Labute approximate surface area is 112 Å². The molecule has 17 heavy (non-hydrogen) atoms. The summed E-state index contributed by atoms with van der Waals surface area (Å²) in [6.45, 7) is 1.93. The molecule has 98 valence electrons. The normalized spacial score (nSPS) is 11.8. The largest absolute Gasteiger partial charge is 0.316 e. The maximum absolute atomic E-state index is 10.9. The predicted octanol–water partition coefficient (Wildman–Crippen LogP) is 1.66. The standard InChI is InChI=1S/C11H19NO2S3/c1-17(13,14)9-8-15-7-5-12-4-2-11-3-6-16-10-11/h3,6,10,12H,2,4-5,7-9H2,1H3. The van der Waals surface area contributed by atoms with Gasteiger partial charge in [0, 0.05) is 24.3 Å². The highest BCUT2D eigenvalue weighted by Gasteiger charge is 2.00. The molecule has 3 nitrogen and oxygen atoms in total. The zero-order valence-corrected chi connectivity index (χ0v) is 12.5. The van der Waals surface area contributed by atoms with E-state index in [0.717, 1.165) is 25.3 Å². The quantitative estimate of drug-likeness (QED) is 0.703. The van der Waals surface area contributed by atoms with Crippen LogP contribution in [0, 0.1) is 0 Å². The van der Waals surface area contributed by atoms with Crippen LogP contribution < -0.4 is 5.32 Å². The van der Waals surface area contributed by atoms with Crippen molar-refractivity contribution in [3.05, 3.63) is 22.4 Å². The number of thiophene rings is 1. The van der Waals surface area contributed by atoms with Crippen LogP contribution in [0.15, 0.2) is 16.8 Å². The Kier molecular flexibility index (Phi) is 7.18. The number of nitrogens with one attached hydrogen (secondary N) is 1. The highest BCUT2D eigenvalue weighted by atomic mass is 32.2. The van der Waals surface area contributed by atoms with Crippen molar-refractivity contribution >= 4 is 32.9 Å². The predicted molar refractivity (Wildman–Crippen MR) is 77.9 cm³/mol. The third-order valence-electron chi connectivity index (χ3n) is 2.19. The summed E-state index contributed by atoms with van der Waals surface area (Å²) in [6, 6.07) is 2.15. The second-order valence-electron chi connectivity index (χ2n) is 3.87. The topological polar surface area (TPSA) is 46.2 Å². The van der Waals surface area contributed by atoms with Crippen LogP contribution in [0.1, 0.15) is 5.56 Å². The van der Waals surface area contributed by atoms with E-state index in [1.54, 1.807) is 23.1 Å². The smallest absolute Gasteiger partial charge is 0.148 e. The highest BCUT2D eigenvalue weighted by Crippen LogP contribution is 2.05. The Morgan fingerprint density at radius 2 is 2.18 bits per heavy atom. The van der Waals surface area contributed by atoms with Crippen LogP contribution >= 0.6 is 23.1 Å². The molecule has 0 aliphatic rings. The van der Waals surface area contributed by atoms with E-state index >= 15 is 0 Å². The maximum atomic E-state index is 10.9. The average molecular weight is 293 g/mol. The third kappa shape index (κ3) is 8.65. The summed E-state index contributed by atoms with van der Waals surface area (Å²) in [7, 11) is -2.79. The van der Waals surface area contributed by atoms with Crippen LogP contribution in [0.4, 0.5) is 0 Å². The molecule has 0 atom stereocenters. The van der Waals surface area contributed by atoms with E-state index in [1.165, 1.54) is 11.8 Å². The van der Waals surface area contributed by atoms with Gasteiger partial charge in [0.2, 0.25) is 0 Å². The molecule has 0 aromatic carbocycles. The van der Waals surface area contributed by atoms with Gasteiger partial charge in [0.15, 0.2) is 0 Å². The van der Waals surface area contributed by atoms with Crippen molar-refractivity contribution in [3.63, 3.8) is 0 Å². The Morgan fingerprint density at radius 3 is 2.82 bits per heavy atom. The summed E-state index contributed by atoms with van der Waals surface area (Å²) in [5, 5.41) is 7.62. The number of sulfone groups is 1. The minimum absolute atomic E-state index is 0.284. The molecule has 0 aliphatic heterocycles. The van der Waals surface area contributed by atoms with Gasteiger partial charge in [0.25, 0.3) is 0 Å². The van der Waals surface area contributed by atoms with E-state index in [2.05, 4.69) is 22.1 Å². The van der Waals surface area contributed by atoms with E-state index in [9.17, 15) is 8.42 Å². The SMILES string of the molecule is CS(=O)(=O)CCSCCNCCc1ccsc1. The number of hydrogen-bond donors (Lipinski definition) is 1. The minimum atomic E-state index is -2.79. The fraction of sp³-hybridized carbons (Fsp3) is 0.636. The van der Waals surface area contributed by atoms with E-state index in [4.69, 9.17) is 0 Å². The fourth-order valence-corrected chi connectivity index (χ4v) is 4.13. The van der Waals surface area contributed by atoms with E-state index in [-0.39, 0.29) is 5.75 Å². The van der Waals surface area contributed by atoms with Gasteiger partial charge in [-0.3, -0.25) is 0 Å². The van der Waals surface area contributed by atoms with Crippen molar-refractivity contribution in [2.75, 3.05) is 36.6 Å². The molecule has 0 amide bonds. The van der Waals surface area contributed by atoms with E-state index in [0.29, 0.717) is 5.75 Å². The van der Waals surface area contributed by atoms with Crippen molar-refractivity contribution in [1.29, 1.82) is 0 Å². The second kappa shape index (κ2) is 8.13.